The van der Waals surface area contributed by atoms with Crippen molar-refractivity contribution in [2.45, 2.75) is 13.1 Å². The van der Waals surface area contributed by atoms with Crippen molar-refractivity contribution in [1.82, 2.24) is 4.90 Å². The highest BCUT2D eigenvalue weighted by Gasteiger charge is 2.25. The third-order valence-electron chi connectivity index (χ3n) is 5.17. The number of nitrogens with two attached hydrogens (primary N) is 1. The molecular weight excluding hydrogens is 416 g/mol. The molecule has 0 unspecified atom stereocenters. The van der Waals surface area contributed by atoms with Gasteiger partial charge in [0.25, 0.3) is 11.8 Å². The molecular formula is C24H21ClN2O4. The van der Waals surface area contributed by atoms with Gasteiger partial charge >= 0.3 is 0 Å². The fourth-order valence-corrected chi connectivity index (χ4v) is 4.03. The van der Waals surface area contributed by atoms with Crippen molar-refractivity contribution in [3.8, 4) is 22.6 Å². The number of hydrogen-bond donors (Lipinski definition) is 1. The minimum absolute atomic E-state index is 0.166. The van der Waals surface area contributed by atoms with E-state index in [2.05, 4.69) is 12.1 Å². The summed E-state index contributed by atoms with van der Waals surface area (Å²) in [6.45, 7) is 0.580. The largest absolute Gasteiger partial charge is 0.493 e. The number of nitrogens with zero attached hydrogens (tertiary/aromatic N) is 1. The molecule has 2 N–H and O–H groups in total. The van der Waals surface area contributed by atoms with E-state index in [0.29, 0.717) is 18.7 Å². The van der Waals surface area contributed by atoms with Crippen LogP contribution in [0.1, 0.15) is 21.5 Å². The van der Waals surface area contributed by atoms with Gasteiger partial charge < -0.3 is 20.1 Å². The van der Waals surface area contributed by atoms with Crippen molar-refractivity contribution in [2.75, 3.05) is 13.7 Å². The first-order valence-electron chi connectivity index (χ1n) is 9.72. The van der Waals surface area contributed by atoms with Crippen molar-refractivity contribution >= 4 is 23.4 Å². The Kier molecular flexibility index (Phi) is 5.82. The summed E-state index contributed by atoms with van der Waals surface area (Å²) in [5, 5.41) is 0.166. The molecule has 0 saturated heterocycles. The number of rotatable bonds is 5. The average Bonchev–Trinajstić information content (AvgIpc) is 2.94. The summed E-state index contributed by atoms with van der Waals surface area (Å²) in [7, 11) is 1.44. The first-order valence-corrected chi connectivity index (χ1v) is 10.1. The van der Waals surface area contributed by atoms with Crippen LogP contribution < -0.4 is 15.2 Å². The molecule has 0 fully saturated rings. The SMILES string of the molecule is COc1cc(C(=O)N2Cc3ccccc3-c3ccccc3C2)cc(Cl)c1OCC(N)=O. The van der Waals surface area contributed by atoms with Gasteiger partial charge in [-0.25, -0.2) is 0 Å². The summed E-state index contributed by atoms with van der Waals surface area (Å²) < 4.78 is 10.7. The number of halogens is 1. The Morgan fingerprint density at radius 2 is 1.58 bits per heavy atom. The van der Waals surface area contributed by atoms with Gasteiger partial charge in [0.15, 0.2) is 18.1 Å². The van der Waals surface area contributed by atoms with Crippen molar-refractivity contribution in [1.29, 1.82) is 0 Å². The molecule has 158 valence electrons. The van der Waals surface area contributed by atoms with E-state index in [1.165, 1.54) is 13.2 Å². The third-order valence-corrected chi connectivity index (χ3v) is 5.45. The minimum atomic E-state index is -0.639. The molecule has 0 spiro atoms. The highest BCUT2D eigenvalue weighted by atomic mass is 35.5. The van der Waals surface area contributed by atoms with Crippen LogP contribution in [0.2, 0.25) is 5.02 Å². The number of primary amides is 1. The Bertz CT molecular complexity index is 1110. The van der Waals surface area contributed by atoms with E-state index in [1.54, 1.807) is 11.0 Å². The Morgan fingerprint density at radius 3 is 2.13 bits per heavy atom. The lowest BCUT2D eigenvalue weighted by atomic mass is 9.97. The van der Waals surface area contributed by atoms with Gasteiger partial charge in [-0.1, -0.05) is 60.1 Å². The molecule has 4 rings (SSSR count). The van der Waals surface area contributed by atoms with Crippen LogP contribution >= 0.6 is 11.6 Å². The van der Waals surface area contributed by atoms with Gasteiger partial charge in [-0.05, 0) is 34.4 Å². The predicted octanol–water partition coefficient (Wildman–Crippen LogP) is 4.04. The van der Waals surface area contributed by atoms with Crippen LogP contribution in [0.4, 0.5) is 0 Å². The first-order chi connectivity index (χ1) is 15.0. The summed E-state index contributed by atoms with van der Waals surface area (Å²) in [6, 6.07) is 19.3. The molecule has 0 aromatic heterocycles. The third kappa shape index (κ3) is 4.20. The monoisotopic (exact) mass is 436 g/mol. The van der Waals surface area contributed by atoms with Crippen LogP contribution in [-0.4, -0.2) is 30.4 Å². The normalized spacial score (nSPS) is 12.4. The minimum Gasteiger partial charge on any atom is -0.493 e. The molecule has 0 aliphatic carbocycles. The summed E-state index contributed by atoms with van der Waals surface area (Å²) in [5.74, 6) is -0.396. The highest BCUT2D eigenvalue weighted by Crippen LogP contribution is 2.38. The fraction of sp³-hybridized carbons (Fsp3) is 0.167. The number of fused-ring (bicyclic) bond motifs is 3. The molecule has 1 aliphatic rings. The van der Waals surface area contributed by atoms with E-state index in [-0.39, 0.29) is 29.0 Å². The molecule has 1 heterocycles. The lowest BCUT2D eigenvalue weighted by molar-refractivity contribution is -0.119. The number of carbonyl (C=O) groups excluding carboxylic acids is 2. The second-order valence-corrected chi connectivity index (χ2v) is 7.63. The molecule has 7 heteroatoms. The van der Waals surface area contributed by atoms with Crippen LogP contribution in [0, 0.1) is 0 Å². The Labute approximate surface area is 185 Å². The van der Waals surface area contributed by atoms with E-state index in [1.807, 2.05) is 36.4 Å². The van der Waals surface area contributed by atoms with Gasteiger partial charge in [0, 0.05) is 18.7 Å². The number of ether oxygens (including phenoxy) is 2. The first kappa shape index (κ1) is 20.8. The number of benzene rings is 3. The lowest BCUT2D eigenvalue weighted by Gasteiger charge is -2.22. The highest BCUT2D eigenvalue weighted by molar-refractivity contribution is 6.32. The molecule has 0 radical (unpaired) electrons. The van der Waals surface area contributed by atoms with E-state index >= 15 is 0 Å². The molecule has 6 nitrogen and oxygen atoms in total. The maximum absolute atomic E-state index is 13.5. The topological polar surface area (TPSA) is 81.9 Å². The molecule has 3 aromatic rings. The van der Waals surface area contributed by atoms with Crippen LogP contribution in [0.5, 0.6) is 11.5 Å². The van der Waals surface area contributed by atoms with Gasteiger partial charge in [-0.15, -0.1) is 0 Å². The quantitative estimate of drug-likeness (QED) is 0.654. The van der Waals surface area contributed by atoms with E-state index < -0.39 is 5.91 Å². The molecule has 3 aromatic carbocycles. The molecule has 0 atom stereocenters. The molecule has 2 amide bonds. The van der Waals surface area contributed by atoms with Crippen LogP contribution in [-0.2, 0) is 17.9 Å². The number of amides is 2. The van der Waals surface area contributed by atoms with Gasteiger partial charge in [0.05, 0.1) is 12.1 Å². The molecule has 0 bridgehead atoms. The fourth-order valence-electron chi connectivity index (χ4n) is 3.76. The summed E-state index contributed by atoms with van der Waals surface area (Å²) in [5.41, 5.74) is 9.90. The maximum Gasteiger partial charge on any atom is 0.255 e. The predicted molar refractivity (Wildman–Crippen MR) is 118 cm³/mol. The summed E-state index contributed by atoms with van der Waals surface area (Å²) in [4.78, 5) is 26.3. The second-order valence-electron chi connectivity index (χ2n) is 7.22. The standard InChI is InChI=1S/C24H21ClN2O4/c1-30-21-11-17(10-20(25)23(21)31-14-22(26)28)24(29)27-12-15-6-2-4-8-18(15)19-9-5-3-7-16(19)13-27/h2-11H,12-14H2,1H3,(H2,26,28). The average molecular weight is 437 g/mol. The van der Waals surface area contributed by atoms with E-state index in [4.69, 9.17) is 26.8 Å². The lowest BCUT2D eigenvalue weighted by Crippen LogP contribution is -2.29. The van der Waals surface area contributed by atoms with Crippen LogP contribution in [0.25, 0.3) is 11.1 Å². The Hall–Kier alpha value is -3.51. The van der Waals surface area contributed by atoms with Gasteiger partial charge in [0.2, 0.25) is 0 Å². The number of hydrogen-bond acceptors (Lipinski definition) is 4. The van der Waals surface area contributed by atoms with Gasteiger partial charge in [-0.3, -0.25) is 9.59 Å². The van der Waals surface area contributed by atoms with Gasteiger partial charge in [-0.2, -0.15) is 0 Å². The van der Waals surface area contributed by atoms with Crippen LogP contribution in [0.3, 0.4) is 0 Å². The van der Waals surface area contributed by atoms with Crippen molar-refractivity contribution in [3.05, 3.63) is 82.4 Å². The van der Waals surface area contributed by atoms with E-state index in [9.17, 15) is 9.59 Å². The number of methoxy groups -OCH3 is 1. The van der Waals surface area contributed by atoms with E-state index in [0.717, 1.165) is 22.3 Å². The zero-order valence-electron chi connectivity index (χ0n) is 16.9. The number of carbonyl (C=O) groups is 2. The molecule has 31 heavy (non-hydrogen) atoms. The Morgan fingerprint density at radius 1 is 1.00 bits per heavy atom. The van der Waals surface area contributed by atoms with Crippen LogP contribution in [0.15, 0.2) is 60.7 Å². The van der Waals surface area contributed by atoms with Crippen molar-refractivity contribution in [2.24, 2.45) is 5.73 Å². The van der Waals surface area contributed by atoms with Crippen molar-refractivity contribution in [3.63, 3.8) is 0 Å². The van der Waals surface area contributed by atoms with Gasteiger partial charge in [0.1, 0.15) is 0 Å². The molecule has 0 saturated carbocycles. The second kappa shape index (κ2) is 8.70. The van der Waals surface area contributed by atoms with Crippen molar-refractivity contribution < 1.29 is 19.1 Å². The Balaban J connectivity index is 1.70. The zero-order chi connectivity index (χ0) is 22.0. The summed E-state index contributed by atoms with van der Waals surface area (Å²) in [6.07, 6.45) is 0. The molecule has 1 aliphatic heterocycles. The zero-order valence-corrected chi connectivity index (χ0v) is 17.7. The smallest absolute Gasteiger partial charge is 0.255 e. The maximum atomic E-state index is 13.5. The summed E-state index contributed by atoms with van der Waals surface area (Å²) >= 11 is 6.35.